The van der Waals surface area contributed by atoms with E-state index in [9.17, 15) is 9.59 Å². The van der Waals surface area contributed by atoms with Crippen molar-refractivity contribution in [3.63, 3.8) is 0 Å². The maximum Gasteiger partial charge on any atom is 0.305 e. The number of carboxylic acid groups (broad SMARTS) is 1. The van der Waals surface area contributed by atoms with Crippen LogP contribution in [0.25, 0.3) is 0 Å². The molecule has 2 N–H and O–H groups in total. The van der Waals surface area contributed by atoms with E-state index in [-0.39, 0.29) is 24.9 Å². The van der Waals surface area contributed by atoms with Crippen molar-refractivity contribution >= 4 is 11.9 Å². The van der Waals surface area contributed by atoms with E-state index in [1.54, 1.807) is 0 Å². The second kappa shape index (κ2) is 7.33. The number of carbonyl (C=O) groups excluding carboxylic acids is 1. The first-order valence-corrected chi connectivity index (χ1v) is 6.29. The Morgan fingerprint density at radius 2 is 2.22 bits per heavy atom. The molecule has 0 aromatic carbocycles. The Balaban J connectivity index is 2.41. The molecule has 0 radical (unpaired) electrons. The molecule has 0 spiro atoms. The number of rotatable bonds is 6. The number of carbonyl (C=O) groups is 2. The molecular formula is C12H22N2O4. The Bertz CT molecular complexity index is 294. The van der Waals surface area contributed by atoms with Gasteiger partial charge in [-0.15, -0.1) is 0 Å². The monoisotopic (exact) mass is 258 g/mol. The van der Waals surface area contributed by atoms with Crippen LogP contribution in [0.4, 0.5) is 0 Å². The van der Waals surface area contributed by atoms with E-state index in [0.717, 1.165) is 0 Å². The van der Waals surface area contributed by atoms with Gasteiger partial charge in [-0.3, -0.25) is 14.5 Å². The first kappa shape index (κ1) is 14.9. The molecule has 18 heavy (non-hydrogen) atoms. The predicted octanol–water partition coefficient (Wildman–Crippen LogP) is -0.0659. The molecule has 104 valence electrons. The Morgan fingerprint density at radius 1 is 1.50 bits per heavy atom. The average Bonchev–Trinajstić information content (AvgIpc) is 2.28. The molecule has 1 fully saturated rings. The molecule has 1 unspecified atom stereocenters. The van der Waals surface area contributed by atoms with Crippen molar-refractivity contribution in [2.45, 2.75) is 26.3 Å². The van der Waals surface area contributed by atoms with E-state index in [1.165, 1.54) is 0 Å². The zero-order chi connectivity index (χ0) is 13.5. The normalized spacial score (nSPS) is 20.9. The fourth-order valence-electron chi connectivity index (χ4n) is 1.85. The van der Waals surface area contributed by atoms with Gasteiger partial charge in [-0.2, -0.15) is 0 Å². The number of carboxylic acids is 1. The maximum atomic E-state index is 11.7. The number of nitrogens with zero attached hydrogens (tertiary/aromatic N) is 1. The van der Waals surface area contributed by atoms with Gasteiger partial charge in [0.15, 0.2) is 0 Å². The molecule has 0 saturated carbocycles. The van der Waals surface area contributed by atoms with Crippen molar-refractivity contribution in [1.29, 1.82) is 0 Å². The van der Waals surface area contributed by atoms with Gasteiger partial charge < -0.3 is 15.2 Å². The minimum Gasteiger partial charge on any atom is -0.481 e. The molecule has 1 aliphatic heterocycles. The Morgan fingerprint density at radius 3 is 2.83 bits per heavy atom. The fourth-order valence-corrected chi connectivity index (χ4v) is 1.85. The molecule has 1 rings (SSSR count). The highest BCUT2D eigenvalue weighted by molar-refractivity contribution is 5.78. The topological polar surface area (TPSA) is 78.9 Å². The summed E-state index contributed by atoms with van der Waals surface area (Å²) in [5.41, 5.74) is 0. The molecular weight excluding hydrogens is 236 g/mol. The predicted molar refractivity (Wildman–Crippen MR) is 66.3 cm³/mol. The van der Waals surface area contributed by atoms with Crippen LogP contribution in [0.5, 0.6) is 0 Å². The van der Waals surface area contributed by atoms with Crippen LogP contribution < -0.4 is 5.32 Å². The van der Waals surface area contributed by atoms with Crippen molar-refractivity contribution < 1.29 is 19.4 Å². The number of amides is 1. The fraction of sp³-hybridized carbons (Fsp3) is 0.833. The lowest BCUT2D eigenvalue weighted by Gasteiger charge is -2.34. The van der Waals surface area contributed by atoms with Crippen molar-refractivity contribution in [3.8, 4) is 0 Å². The molecule has 0 aliphatic carbocycles. The molecule has 6 nitrogen and oxygen atoms in total. The summed E-state index contributed by atoms with van der Waals surface area (Å²) in [7, 11) is 0. The zero-order valence-corrected chi connectivity index (χ0v) is 11.0. The smallest absolute Gasteiger partial charge is 0.305 e. The van der Waals surface area contributed by atoms with Gasteiger partial charge in [0.1, 0.15) is 0 Å². The van der Waals surface area contributed by atoms with Crippen LogP contribution in [0, 0.1) is 5.92 Å². The number of hydrogen-bond acceptors (Lipinski definition) is 4. The van der Waals surface area contributed by atoms with Gasteiger partial charge in [0.25, 0.3) is 0 Å². The van der Waals surface area contributed by atoms with Gasteiger partial charge in [0, 0.05) is 19.1 Å². The van der Waals surface area contributed by atoms with Crippen molar-refractivity contribution in [1.82, 2.24) is 10.2 Å². The van der Waals surface area contributed by atoms with E-state index in [4.69, 9.17) is 9.84 Å². The number of aliphatic carboxylic acids is 1. The zero-order valence-electron chi connectivity index (χ0n) is 11.0. The van der Waals surface area contributed by atoms with E-state index in [1.807, 2.05) is 18.7 Å². The first-order chi connectivity index (χ1) is 8.49. The van der Waals surface area contributed by atoms with E-state index in [2.05, 4.69) is 5.32 Å². The second-order valence-electron chi connectivity index (χ2n) is 5.00. The molecule has 1 heterocycles. The summed E-state index contributed by atoms with van der Waals surface area (Å²) < 4.78 is 5.26. The minimum atomic E-state index is -0.863. The molecule has 0 bridgehead atoms. The van der Waals surface area contributed by atoms with Gasteiger partial charge in [-0.25, -0.2) is 0 Å². The molecule has 1 atom stereocenters. The highest BCUT2D eigenvalue weighted by Gasteiger charge is 2.26. The quantitative estimate of drug-likeness (QED) is 0.697. The molecule has 1 amide bonds. The van der Waals surface area contributed by atoms with Crippen molar-refractivity contribution in [3.05, 3.63) is 0 Å². The molecule has 0 aromatic heterocycles. The summed E-state index contributed by atoms with van der Waals surface area (Å²) in [6, 6.07) is -0.207. The summed E-state index contributed by atoms with van der Waals surface area (Å²) in [5.74, 6) is -0.507. The first-order valence-electron chi connectivity index (χ1n) is 6.29. The molecule has 0 aromatic rings. The number of ether oxygens (including phenoxy) is 1. The van der Waals surface area contributed by atoms with Gasteiger partial charge >= 0.3 is 5.97 Å². The van der Waals surface area contributed by atoms with E-state index in [0.29, 0.717) is 32.2 Å². The summed E-state index contributed by atoms with van der Waals surface area (Å²) >= 11 is 0. The third-order valence-electron chi connectivity index (χ3n) is 2.81. The van der Waals surface area contributed by atoms with Crippen LogP contribution in [0.2, 0.25) is 0 Å². The van der Waals surface area contributed by atoms with E-state index < -0.39 is 5.97 Å². The Labute approximate surface area is 107 Å². The summed E-state index contributed by atoms with van der Waals surface area (Å²) in [6.07, 6.45) is 0.0114. The number of nitrogens with one attached hydrogen (secondary N) is 1. The summed E-state index contributed by atoms with van der Waals surface area (Å²) in [6.45, 7) is 6.48. The highest BCUT2D eigenvalue weighted by atomic mass is 16.5. The standard InChI is InChI=1S/C12H22N2O4/c1-9(2)6-13-11(15)7-14-3-4-18-8-10(14)5-12(16)17/h9-10H,3-8H2,1-2H3,(H,13,15)(H,16,17). The lowest BCUT2D eigenvalue weighted by molar-refractivity contribution is -0.141. The van der Waals surface area contributed by atoms with Gasteiger partial charge in [-0.1, -0.05) is 13.8 Å². The molecule has 1 aliphatic rings. The Kier molecular flexibility index (Phi) is 6.07. The summed E-state index contributed by atoms with van der Waals surface area (Å²) in [5, 5.41) is 11.6. The van der Waals surface area contributed by atoms with E-state index >= 15 is 0 Å². The van der Waals surface area contributed by atoms with Gasteiger partial charge in [0.2, 0.25) is 5.91 Å². The van der Waals surface area contributed by atoms with Gasteiger partial charge in [0.05, 0.1) is 26.2 Å². The number of hydrogen-bond donors (Lipinski definition) is 2. The largest absolute Gasteiger partial charge is 0.481 e. The Hall–Kier alpha value is -1.14. The van der Waals surface area contributed by atoms with Crippen LogP contribution in [0.15, 0.2) is 0 Å². The molecule has 1 saturated heterocycles. The average molecular weight is 258 g/mol. The summed E-state index contributed by atoms with van der Waals surface area (Å²) in [4.78, 5) is 24.3. The maximum absolute atomic E-state index is 11.7. The van der Waals surface area contributed by atoms with Crippen LogP contribution >= 0.6 is 0 Å². The second-order valence-corrected chi connectivity index (χ2v) is 5.00. The van der Waals surface area contributed by atoms with Crippen LogP contribution in [0.1, 0.15) is 20.3 Å². The highest BCUT2D eigenvalue weighted by Crippen LogP contribution is 2.10. The number of morpholine rings is 1. The lowest BCUT2D eigenvalue weighted by atomic mass is 10.1. The van der Waals surface area contributed by atoms with Crippen molar-refractivity contribution in [2.24, 2.45) is 5.92 Å². The third kappa shape index (κ3) is 5.46. The van der Waals surface area contributed by atoms with Crippen LogP contribution in [-0.2, 0) is 14.3 Å². The SMILES string of the molecule is CC(C)CNC(=O)CN1CCOCC1CC(=O)O. The lowest BCUT2D eigenvalue weighted by Crippen LogP contribution is -2.50. The molecule has 6 heteroatoms. The van der Waals surface area contributed by atoms with Crippen LogP contribution in [-0.4, -0.2) is 60.8 Å². The minimum absolute atomic E-state index is 0.0114. The van der Waals surface area contributed by atoms with Gasteiger partial charge in [-0.05, 0) is 5.92 Å². The third-order valence-corrected chi connectivity index (χ3v) is 2.81. The van der Waals surface area contributed by atoms with Crippen LogP contribution in [0.3, 0.4) is 0 Å². The van der Waals surface area contributed by atoms with Crippen molar-refractivity contribution in [2.75, 3.05) is 32.8 Å².